The first-order chi connectivity index (χ1) is 4.79. The van der Waals surface area contributed by atoms with E-state index in [1.165, 1.54) is 16.8 Å². The van der Waals surface area contributed by atoms with E-state index in [1.54, 1.807) is 0 Å². The third-order valence-corrected chi connectivity index (χ3v) is 3.55. The first kappa shape index (κ1) is 7.20. The van der Waals surface area contributed by atoms with Crippen molar-refractivity contribution < 1.29 is 0 Å². The van der Waals surface area contributed by atoms with Crippen molar-refractivity contribution in [2.24, 2.45) is 0 Å². The van der Waals surface area contributed by atoms with Crippen LogP contribution in [0.2, 0.25) is 0 Å². The molecule has 0 saturated heterocycles. The SMILES string of the molecule is [Te]=c1ccc2ccc(=[Te])c1=2. The first-order valence-corrected chi connectivity index (χ1v) is 5.31. The molecule has 0 aliphatic heterocycles. The summed E-state index contributed by atoms with van der Waals surface area (Å²) in [5.74, 6) is 0. The summed E-state index contributed by atoms with van der Waals surface area (Å²) in [6, 6.07) is 8.73. The van der Waals surface area contributed by atoms with Gasteiger partial charge in [-0.3, -0.25) is 0 Å². The van der Waals surface area contributed by atoms with Crippen LogP contribution >= 0.6 is 0 Å². The van der Waals surface area contributed by atoms with E-state index < -0.39 is 0 Å². The van der Waals surface area contributed by atoms with Gasteiger partial charge in [0, 0.05) is 0 Å². The molecule has 2 heteroatoms. The van der Waals surface area contributed by atoms with Crippen molar-refractivity contribution in [1.29, 1.82) is 0 Å². The molecule has 0 aromatic rings. The summed E-state index contributed by atoms with van der Waals surface area (Å²) in [4.78, 5) is 0. The maximum atomic E-state index is 2.18. The minimum atomic E-state index is 1.39. The molecule has 0 spiro atoms. The Bertz CT molecular complexity index is 446. The number of rotatable bonds is 0. The molecule has 10 heavy (non-hydrogen) atoms. The summed E-state index contributed by atoms with van der Waals surface area (Å²) in [5, 5.41) is 2.84. The molecule has 0 saturated carbocycles. The Balaban J connectivity index is 3.40. The predicted molar refractivity (Wildman–Crippen MR) is 42.1 cm³/mol. The molecule has 0 heterocycles. The monoisotopic (exact) mass is 360 g/mol. The van der Waals surface area contributed by atoms with Crippen LogP contribution < -0.4 is 0 Å². The van der Waals surface area contributed by atoms with E-state index in [2.05, 4.69) is 67.9 Å². The van der Waals surface area contributed by atoms with Crippen molar-refractivity contribution in [1.82, 2.24) is 0 Å². The first-order valence-electron chi connectivity index (χ1n) is 2.98. The molecule has 2 rings (SSSR count). The fourth-order valence-corrected chi connectivity index (χ4v) is 3.44. The van der Waals surface area contributed by atoms with E-state index in [0.29, 0.717) is 0 Å². The zero-order valence-electron chi connectivity index (χ0n) is 5.13. The third-order valence-electron chi connectivity index (χ3n) is 1.61. The van der Waals surface area contributed by atoms with Crippen molar-refractivity contribution >= 4 is 43.6 Å². The number of hydrogen-bond acceptors (Lipinski definition) is 0. The van der Waals surface area contributed by atoms with Crippen LogP contribution in [0.3, 0.4) is 0 Å². The molecule has 0 atom stereocenters. The molecule has 48 valence electrons. The molecule has 0 aromatic heterocycles. The average Bonchev–Trinajstić information content (AvgIpc) is 2.40. The van der Waals surface area contributed by atoms with E-state index >= 15 is 0 Å². The zero-order valence-corrected chi connectivity index (χ0v) is 9.79. The van der Waals surface area contributed by atoms with Gasteiger partial charge in [-0.05, 0) is 0 Å². The summed E-state index contributed by atoms with van der Waals surface area (Å²) in [7, 11) is 0. The van der Waals surface area contributed by atoms with E-state index in [0.717, 1.165) is 0 Å². The third kappa shape index (κ3) is 0.955. The van der Waals surface area contributed by atoms with Crippen molar-refractivity contribution in [3.63, 3.8) is 0 Å². The van der Waals surface area contributed by atoms with E-state index in [9.17, 15) is 0 Å². The molecular formula is C8H4Te2. The average molecular weight is 355 g/mol. The number of hydrogen-bond donors (Lipinski definition) is 0. The molecule has 2 aliphatic rings. The second-order valence-electron chi connectivity index (χ2n) is 2.23. The van der Waals surface area contributed by atoms with Gasteiger partial charge in [-0.25, -0.2) is 0 Å². The Hall–Kier alpha value is 0.539. The molecule has 0 N–H and O–H groups in total. The van der Waals surface area contributed by atoms with E-state index in [-0.39, 0.29) is 0 Å². The molecule has 2 aliphatic carbocycles. The van der Waals surface area contributed by atoms with Crippen LogP contribution in [0.5, 0.6) is 0 Å². The second-order valence-corrected chi connectivity index (χ2v) is 4.74. The maximum absolute atomic E-state index is 2.18. The van der Waals surface area contributed by atoms with Crippen molar-refractivity contribution in [3.8, 4) is 0 Å². The van der Waals surface area contributed by atoms with Gasteiger partial charge in [-0.15, -0.1) is 0 Å². The van der Waals surface area contributed by atoms with Crippen molar-refractivity contribution in [2.75, 3.05) is 0 Å². The Labute approximate surface area is 84.0 Å². The topological polar surface area (TPSA) is 0 Å². The standard InChI is InChI=1S/C8H4Te2/c9-6-3-1-5-2-4-7(10)8(5)6/h1-4H. The second kappa shape index (κ2) is 2.54. The molecule has 0 fully saturated rings. The Kier molecular flexibility index (Phi) is 1.83. The van der Waals surface area contributed by atoms with Crippen LogP contribution in [0.4, 0.5) is 0 Å². The van der Waals surface area contributed by atoms with Crippen LogP contribution in [0, 0.1) is 16.8 Å². The van der Waals surface area contributed by atoms with Crippen LogP contribution in [0.25, 0.3) is 0 Å². The van der Waals surface area contributed by atoms with Gasteiger partial charge in [0.2, 0.25) is 0 Å². The van der Waals surface area contributed by atoms with Crippen LogP contribution in [-0.4, -0.2) is 43.6 Å². The van der Waals surface area contributed by atoms with Gasteiger partial charge >= 0.3 is 84.7 Å². The molecule has 0 radical (unpaired) electrons. The summed E-state index contributed by atoms with van der Waals surface area (Å²) < 4.78 is 2.83. The quantitative estimate of drug-likeness (QED) is 0.610. The van der Waals surface area contributed by atoms with Gasteiger partial charge in [0.1, 0.15) is 0 Å². The van der Waals surface area contributed by atoms with Gasteiger partial charge in [0.15, 0.2) is 0 Å². The fourth-order valence-electron chi connectivity index (χ4n) is 1.13. The Morgan fingerprint density at radius 3 is 1.70 bits per heavy atom. The van der Waals surface area contributed by atoms with Gasteiger partial charge < -0.3 is 0 Å². The van der Waals surface area contributed by atoms with E-state index in [4.69, 9.17) is 0 Å². The van der Waals surface area contributed by atoms with E-state index in [1.807, 2.05) is 0 Å². The van der Waals surface area contributed by atoms with Gasteiger partial charge in [-0.1, -0.05) is 0 Å². The normalized spacial score (nSPS) is 10.8. The predicted octanol–water partition coefficient (Wildman–Crippen LogP) is 0.688. The fraction of sp³-hybridized carbons (Fsp3) is 0. The summed E-state index contributed by atoms with van der Waals surface area (Å²) in [6.45, 7) is 0. The van der Waals surface area contributed by atoms with Crippen LogP contribution in [-0.2, 0) is 0 Å². The molecule has 0 unspecified atom stereocenters. The Morgan fingerprint density at radius 2 is 1.30 bits per heavy atom. The molecule has 0 amide bonds. The molecule has 0 aromatic carbocycles. The van der Waals surface area contributed by atoms with Crippen LogP contribution in [0.15, 0.2) is 24.3 Å². The van der Waals surface area contributed by atoms with Crippen molar-refractivity contribution in [3.05, 3.63) is 41.1 Å². The Morgan fingerprint density at radius 1 is 0.800 bits per heavy atom. The summed E-state index contributed by atoms with van der Waals surface area (Å²) in [6.07, 6.45) is 0. The molecule has 0 bridgehead atoms. The van der Waals surface area contributed by atoms with Gasteiger partial charge in [0.25, 0.3) is 0 Å². The zero-order chi connectivity index (χ0) is 7.14. The van der Waals surface area contributed by atoms with Gasteiger partial charge in [0.05, 0.1) is 0 Å². The van der Waals surface area contributed by atoms with Gasteiger partial charge in [-0.2, -0.15) is 0 Å². The molecular weight excluding hydrogens is 351 g/mol. The summed E-state index contributed by atoms with van der Waals surface area (Å²) in [5.41, 5.74) is 0. The van der Waals surface area contributed by atoms with Crippen LogP contribution in [0.1, 0.15) is 0 Å². The van der Waals surface area contributed by atoms with Crippen molar-refractivity contribution in [2.45, 2.75) is 0 Å². The summed E-state index contributed by atoms with van der Waals surface area (Å²) >= 11 is 4.18. The molecule has 0 nitrogen and oxygen atoms in total. The minimum absolute atomic E-state index is 1.39.